The first-order valence-electron chi connectivity index (χ1n) is 10.1. The van der Waals surface area contributed by atoms with Crippen LogP contribution in [-0.2, 0) is 6.54 Å². The number of amides is 1. The second-order valence-electron chi connectivity index (χ2n) is 8.00. The Bertz CT molecular complexity index is 884. The van der Waals surface area contributed by atoms with E-state index in [0.717, 1.165) is 38.4 Å². The number of piperidine rings is 1. The fourth-order valence-corrected chi connectivity index (χ4v) is 4.56. The molecule has 3 heterocycles. The van der Waals surface area contributed by atoms with Gasteiger partial charge < -0.3 is 10.0 Å². The number of rotatable bonds is 4. The van der Waals surface area contributed by atoms with Crippen molar-refractivity contribution in [3.63, 3.8) is 0 Å². The van der Waals surface area contributed by atoms with E-state index in [4.69, 9.17) is 0 Å². The highest BCUT2D eigenvalue weighted by atomic mass is 19.2. The van der Waals surface area contributed by atoms with Gasteiger partial charge in [-0.2, -0.15) is 0 Å². The summed E-state index contributed by atoms with van der Waals surface area (Å²) in [7, 11) is 0. The van der Waals surface area contributed by atoms with Crippen molar-refractivity contribution < 1.29 is 18.7 Å². The molecule has 1 N–H and O–H groups in total. The fraction of sp³-hybridized carbons (Fsp3) is 0.455. The van der Waals surface area contributed by atoms with Gasteiger partial charge >= 0.3 is 0 Å². The van der Waals surface area contributed by atoms with Gasteiger partial charge in [-0.1, -0.05) is 12.1 Å². The quantitative estimate of drug-likeness (QED) is 0.853. The monoisotopic (exact) mass is 401 g/mol. The van der Waals surface area contributed by atoms with E-state index in [2.05, 4.69) is 9.88 Å². The number of hydrogen-bond acceptors (Lipinski definition) is 4. The lowest BCUT2D eigenvalue weighted by molar-refractivity contribution is 0.0763. The van der Waals surface area contributed by atoms with Crippen molar-refractivity contribution in [2.75, 3.05) is 26.2 Å². The van der Waals surface area contributed by atoms with Gasteiger partial charge in [-0.25, -0.2) is 13.8 Å². The van der Waals surface area contributed by atoms with Crippen LogP contribution in [0.1, 0.15) is 35.3 Å². The van der Waals surface area contributed by atoms with Crippen LogP contribution < -0.4 is 0 Å². The number of likely N-dealkylation sites (tertiary alicyclic amines) is 2. The zero-order valence-electron chi connectivity index (χ0n) is 16.2. The Balaban J connectivity index is 1.30. The molecule has 2 saturated heterocycles. The first kappa shape index (κ1) is 19.8. The minimum absolute atomic E-state index is 0.0844. The molecule has 154 valence electrons. The molecule has 0 radical (unpaired) electrons. The Labute approximate surface area is 169 Å². The number of nitrogens with zero attached hydrogens (tertiary/aromatic N) is 3. The van der Waals surface area contributed by atoms with E-state index in [9.17, 15) is 18.7 Å². The maximum Gasteiger partial charge on any atom is 0.276 e. The lowest BCUT2D eigenvalue weighted by Gasteiger charge is -2.35. The fourth-order valence-electron chi connectivity index (χ4n) is 4.56. The Morgan fingerprint density at radius 3 is 2.59 bits per heavy atom. The molecule has 1 aromatic heterocycles. The molecule has 5 nitrogen and oxygen atoms in total. The van der Waals surface area contributed by atoms with Gasteiger partial charge in [0.2, 0.25) is 0 Å². The summed E-state index contributed by atoms with van der Waals surface area (Å²) < 4.78 is 27.3. The summed E-state index contributed by atoms with van der Waals surface area (Å²) >= 11 is 0. The molecule has 0 bridgehead atoms. The van der Waals surface area contributed by atoms with E-state index in [-0.39, 0.29) is 17.4 Å². The second kappa shape index (κ2) is 8.45. The Kier molecular flexibility index (Phi) is 5.76. The summed E-state index contributed by atoms with van der Waals surface area (Å²) in [6.07, 6.45) is 4.43. The second-order valence-corrected chi connectivity index (χ2v) is 8.00. The van der Waals surface area contributed by atoms with Gasteiger partial charge in [-0.15, -0.1) is 0 Å². The van der Waals surface area contributed by atoms with Crippen molar-refractivity contribution in [1.29, 1.82) is 0 Å². The summed E-state index contributed by atoms with van der Waals surface area (Å²) in [5.41, 5.74) is 0.511. The molecular weight excluding hydrogens is 376 g/mol. The van der Waals surface area contributed by atoms with Crippen LogP contribution in [0.4, 0.5) is 8.78 Å². The van der Waals surface area contributed by atoms with Crippen LogP contribution in [0.3, 0.4) is 0 Å². The van der Waals surface area contributed by atoms with Gasteiger partial charge in [0, 0.05) is 31.4 Å². The third-order valence-corrected chi connectivity index (χ3v) is 6.23. The van der Waals surface area contributed by atoms with E-state index < -0.39 is 11.6 Å². The largest absolute Gasteiger partial charge is 0.505 e. The number of carbonyl (C=O) groups excluding carboxylic acids is 1. The molecule has 2 fully saturated rings. The molecule has 1 aromatic carbocycles. The maximum absolute atomic E-state index is 13.9. The first-order chi connectivity index (χ1) is 14.0. The van der Waals surface area contributed by atoms with Crippen LogP contribution in [0.15, 0.2) is 36.5 Å². The molecular formula is C22H25F2N3O2. The number of aromatic nitrogens is 1. The molecule has 1 amide bonds. The van der Waals surface area contributed by atoms with Gasteiger partial charge in [0.15, 0.2) is 17.3 Å². The van der Waals surface area contributed by atoms with Crippen LogP contribution in [0.2, 0.25) is 0 Å². The molecule has 2 aromatic rings. The summed E-state index contributed by atoms with van der Waals surface area (Å²) in [6.45, 7) is 3.45. The zero-order chi connectivity index (χ0) is 20.4. The SMILES string of the molecule is O=C(c1ncccc1O)N1CCC(C2CCN(Cc3cccc(F)c3F)CC2)C1. The number of benzene rings is 1. The van der Waals surface area contributed by atoms with Crippen molar-refractivity contribution in [1.82, 2.24) is 14.8 Å². The molecule has 2 aliphatic heterocycles. The maximum atomic E-state index is 13.9. The van der Waals surface area contributed by atoms with E-state index >= 15 is 0 Å². The molecule has 0 spiro atoms. The lowest BCUT2D eigenvalue weighted by atomic mass is 9.83. The molecule has 0 aliphatic carbocycles. The molecule has 7 heteroatoms. The molecule has 4 rings (SSSR count). The van der Waals surface area contributed by atoms with E-state index in [0.29, 0.717) is 37.0 Å². The minimum Gasteiger partial charge on any atom is -0.505 e. The minimum atomic E-state index is -0.799. The molecule has 29 heavy (non-hydrogen) atoms. The van der Waals surface area contributed by atoms with Crippen LogP contribution >= 0.6 is 0 Å². The Morgan fingerprint density at radius 2 is 1.83 bits per heavy atom. The number of carbonyl (C=O) groups is 1. The highest BCUT2D eigenvalue weighted by Gasteiger charge is 2.35. The van der Waals surface area contributed by atoms with Crippen molar-refractivity contribution in [3.05, 3.63) is 59.4 Å². The molecule has 2 aliphatic rings. The molecule has 0 saturated carbocycles. The summed E-state index contributed by atoms with van der Waals surface area (Å²) in [5.74, 6) is -0.913. The summed E-state index contributed by atoms with van der Waals surface area (Å²) in [5, 5.41) is 9.88. The Hall–Kier alpha value is -2.54. The zero-order valence-corrected chi connectivity index (χ0v) is 16.2. The van der Waals surface area contributed by atoms with Crippen LogP contribution in [0.5, 0.6) is 5.75 Å². The standard InChI is InChI=1S/C22H25F2N3O2/c23-18-4-1-3-17(20(18)24)13-26-10-6-15(7-11-26)16-8-12-27(14-16)22(29)21-19(28)5-2-9-25-21/h1-5,9,15-16,28H,6-8,10-14H2. The van der Waals surface area contributed by atoms with Crippen LogP contribution in [0, 0.1) is 23.5 Å². The third kappa shape index (κ3) is 4.24. The smallest absolute Gasteiger partial charge is 0.276 e. The number of halogens is 2. The van der Waals surface area contributed by atoms with Gasteiger partial charge in [-0.3, -0.25) is 9.69 Å². The number of pyridine rings is 1. The van der Waals surface area contributed by atoms with Crippen molar-refractivity contribution in [2.45, 2.75) is 25.8 Å². The summed E-state index contributed by atoms with van der Waals surface area (Å²) in [6, 6.07) is 7.40. The third-order valence-electron chi connectivity index (χ3n) is 6.23. The average molecular weight is 401 g/mol. The average Bonchev–Trinajstić information content (AvgIpc) is 3.22. The summed E-state index contributed by atoms with van der Waals surface area (Å²) in [4.78, 5) is 20.6. The predicted octanol–water partition coefficient (Wildman–Crippen LogP) is 3.44. The van der Waals surface area contributed by atoms with Crippen molar-refractivity contribution in [3.8, 4) is 5.75 Å². The molecule has 1 atom stereocenters. The Morgan fingerprint density at radius 1 is 1.07 bits per heavy atom. The van der Waals surface area contributed by atoms with E-state index in [1.165, 1.54) is 12.3 Å². The highest BCUT2D eigenvalue weighted by molar-refractivity contribution is 5.94. The normalized spacial score (nSPS) is 20.9. The van der Waals surface area contributed by atoms with Gasteiger partial charge in [0.05, 0.1) is 0 Å². The molecule has 1 unspecified atom stereocenters. The van der Waals surface area contributed by atoms with Crippen LogP contribution in [0.25, 0.3) is 0 Å². The van der Waals surface area contributed by atoms with E-state index in [1.807, 2.05) is 0 Å². The van der Waals surface area contributed by atoms with Gasteiger partial charge in [-0.05, 0) is 62.4 Å². The predicted molar refractivity (Wildman–Crippen MR) is 104 cm³/mol. The van der Waals surface area contributed by atoms with E-state index in [1.54, 1.807) is 23.1 Å². The first-order valence-corrected chi connectivity index (χ1v) is 10.1. The van der Waals surface area contributed by atoms with Gasteiger partial charge in [0.25, 0.3) is 5.91 Å². The lowest BCUT2D eigenvalue weighted by Crippen LogP contribution is -2.37. The van der Waals surface area contributed by atoms with Crippen molar-refractivity contribution >= 4 is 5.91 Å². The van der Waals surface area contributed by atoms with Crippen molar-refractivity contribution in [2.24, 2.45) is 11.8 Å². The van der Waals surface area contributed by atoms with Gasteiger partial charge in [0.1, 0.15) is 5.75 Å². The van der Waals surface area contributed by atoms with Crippen LogP contribution in [-0.4, -0.2) is 52.0 Å². The topological polar surface area (TPSA) is 56.7 Å². The number of aromatic hydroxyl groups is 1. The highest BCUT2D eigenvalue weighted by Crippen LogP contribution is 2.33. The number of hydrogen-bond donors (Lipinski definition) is 1.